The Hall–Kier alpha value is -1.26. The predicted octanol–water partition coefficient (Wildman–Crippen LogP) is 2.63. The van der Waals surface area contributed by atoms with Gasteiger partial charge < -0.3 is 14.8 Å². The van der Waals surface area contributed by atoms with Crippen LogP contribution in [0.2, 0.25) is 0 Å². The topological polar surface area (TPSA) is 64.6 Å². The van der Waals surface area contributed by atoms with Gasteiger partial charge in [0.1, 0.15) is 5.60 Å². The van der Waals surface area contributed by atoms with E-state index in [4.69, 9.17) is 9.47 Å². The molecule has 0 aliphatic heterocycles. The Morgan fingerprint density at radius 2 is 1.55 bits per heavy atom. The summed E-state index contributed by atoms with van der Waals surface area (Å²) < 4.78 is 10.2. The number of methoxy groups -OCH3 is 1. The SMILES string of the molecule is COC(=O)C(C)(C)C12CC(NC(=O)OC(C)(C)C)(C1)C2. The van der Waals surface area contributed by atoms with Crippen molar-refractivity contribution in [1.29, 1.82) is 0 Å². The summed E-state index contributed by atoms with van der Waals surface area (Å²) >= 11 is 0. The van der Waals surface area contributed by atoms with E-state index in [2.05, 4.69) is 5.32 Å². The molecule has 0 radical (unpaired) electrons. The zero-order valence-electron chi connectivity index (χ0n) is 13.3. The summed E-state index contributed by atoms with van der Waals surface area (Å²) in [4.78, 5) is 23.7. The minimum Gasteiger partial charge on any atom is -0.469 e. The molecule has 5 nitrogen and oxygen atoms in total. The average molecular weight is 283 g/mol. The minimum atomic E-state index is -0.501. The molecule has 0 unspecified atom stereocenters. The molecule has 0 atom stereocenters. The summed E-state index contributed by atoms with van der Waals surface area (Å²) in [5, 5.41) is 2.96. The summed E-state index contributed by atoms with van der Waals surface area (Å²) in [5.74, 6) is -0.178. The Bertz CT molecular complexity index is 428. The van der Waals surface area contributed by atoms with Crippen LogP contribution in [-0.2, 0) is 14.3 Å². The van der Waals surface area contributed by atoms with E-state index in [9.17, 15) is 9.59 Å². The average Bonchev–Trinajstić information content (AvgIpc) is 2.16. The first-order valence-electron chi connectivity index (χ1n) is 7.05. The van der Waals surface area contributed by atoms with Gasteiger partial charge in [0.05, 0.1) is 12.5 Å². The van der Waals surface area contributed by atoms with Crippen LogP contribution >= 0.6 is 0 Å². The molecule has 2 bridgehead atoms. The highest BCUT2D eigenvalue weighted by molar-refractivity contribution is 5.78. The Labute approximate surface area is 120 Å². The molecule has 3 fully saturated rings. The molecule has 0 saturated heterocycles. The second-order valence-electron chi connectivity index (χ2n) is 7.83. The third-order valence-corrected chi connectivity index (χ3v) is 4.82. The summed E-state index contributed by atoms with van der Waals surface area (Å²) in [6, 6.07) is 0. The largest absolute Gasteiger partial charge is 0.469 e. The van der Waals surface area contributed by atoms with Crippen molar-refractivity contribution in [3.63, 3.8) is 0 Å². The highest BCUT2D eigenvalue weighted by Crippen LogP contribution is 2.74. The lowest BCUT2D eigenvalue weighted by Gasteiger charge is -2.74. The van der Waals surface area contributed by atoms with Crippen LogP contribution in [0.5, 0.6) is 0 Å². The monoisotopic (exact) mass is 283 g/mol. The molecule has 1 N–H and O–H groups in total. The molecular formula is C15H25NO4. The normalized spacial score (nSPS) is 31.7. The van der Waals surface area contributed by atoms with E-state index in [1.165, 1.54) is 7.11 Å². The Morgan fingerprint density at radius 3 is 1.95 bits per heavy atom. The molecule has 0 heterocycles. The lowest BCUT2D eigenvalue weighted by atomic mass is 9.32. The van der Waals surface area contributed by atoms with Gasteiger partial charge in [-0.3, -0.25) is 4.79 Å². The summed E-state index contributed by atoms with van der Waals surface area (Å²) in [6.45, 7) is 9.38. The molecule has 3 saturated carbocycles. The molecule has 0 aromatic rings. The van der Waals surface area contributed by atoms with Crippen LogP contribution in [0, 0.1) is 10.8 Å². The van der Waals surface area contributed by atoms with Crippen LogP contribution in [-0.4, -0.2) is 30.3 Å². The molecule has 3 aliphatic rings. The van der Waals surface area contributed by atoms with E-state index in [0.717, 1.165) is 19.3 Å². The molecule has 3 aliphatic carbocycles. The first kappa shape index (κ1) is 15.1. The number of rotatable bonds is 3. The van der Waals surface area contributed by atoms with Crippen molar-refractivity contribution in [2.24, 2.45) is 10.8 Å². The third-order valence-electron chi connectivity index (χ3n) is 4.82. The van der Waals surface area contributed by atoms with Crippen LogP contribution in [0.4, 0.5) is 4.79 Å². The van der Waals surface area contributed by atoms with Crippen LogP contribution in [0.1, 0.15) is 53.9 Å². The van der Waals surface area contributed by atoms with Crippen molar-refractivity contribution < 1.29 is 19.1 Å². The van der Waals surface area contributed by atoms with Gasteiger partial charge in [-0.25, -0.2) is 4.79 Å². The molecule has 5 heteroatoms. The zero-order chi connectivity index (χ0) is 15.4. The number of carbonyl (C=O) groups excluding carboxylic acids is 2. The van der Waals surface area contributed by atoms with E-state index in [1.54, 1.807) is 0 Å². The smallest absolute Gasteiger partial charge is 0.408 e. The van der Waals surface area contributed by atoms with Gasteiger partial charge in [-0.2, -0.15) is 0 Å². The van der Waals surface area contributed by atoms with Crippen molar-refractivity contribution in [3.05, 3.63) is 0 Å². The van der Waals surface area contributed by atoms with Crippen LogP contribution < -0.4 is 5.32 Å². The third kappa shape index (κ3) is 2.17. The number of esters is 1. The van der Waals surface area contributed by atoms with Gasteiger partial charge in [0.25, 0.3) is 0 Å². The molecule has 1 amide bonds. The van der Waals surface area contributed by atoms with E-state index in [1.807, 2.05) is 34.6 Å². The van der Waals surface area contributed by atoms with Crippen molar-refractivity contribution >= 4 is 12.1 Å². The van der Waals surface area contributed by atoms with Gasteiger partial charge in [-0.1, -0.05) is 0 Å². The highest BCUT2D eigenvalue weighted by atomic mass is 16.6. The maximum absolute atomic E-state index is 11.9. The minimum absolute atomic E-state index is 0.0326. The van der Waals surface area contributed by atoms with Gasteiger partial charge in [-0.15, -0.1) is 0 Å². The fourth-order valence-electron chi connectivity index (χ4n) is 3.58. The van der Waals surface area contributed by atoms with Crippen LogP contribution in [0.25, 0.3) is 0 Å². The van der Waals surface area contributed by atoms with Crippen LogP contribution in [0.15, 0.2) is 0 Å². The molecule has 0 aromatic carbocycles. The number of ether oxygens (including phenoxy) is 2. The maximum atomic E-state index is 11.9. The summed E-state index contributed by atoms with van der Waals surface area (Å²) in [6.07, 6.45) is 2.09. The predicted molar refractivity (Wildman–Crippen MR) is 74.2 cm³/mol. The van der Waals surface area contributed by atoms with Crippen molar-refractivity contribution in [2.75, 3.05) is 7.11 Å². The quantitative estimate of drug-likeness (QED) is 0.809. The first-order valence-corrected chi connectivity index (χ1v) is 7.05. The molecule has 114 valence electrons. The summed E-state index contributed by atoms with van der Waals surface area (Å²) in [5.41, 5.74) is -1.20. The van der Waals surface area contributed by atoms with Crippen molar-refractivity contribution in [3.8, 4) is 0 Å². The first-order chi connectivity index (χ1) is 8.95. The van der Waals surface area contributed by atoms with E-state index in [-0.39, 0.29) is 23.0 Å². The van der Waals surface area contributed by atoms with Gasteiger partial charge in [-0.05, 0) is 59.3 Å². The van der Waals surface area contributed by atoms with Crippen molar-refractivity contribution in [2.45, 2.75) is 65.0 Å². The Kier molecular flexibility index (Phi) is 3.12. The number of nitrogens with one attached hydrogen (secondary N) is 1. The second kappa shape index (κ2) is 4.12. The van der Waals surface area contributed by atoms with E-state index >= 15 is 0 Å². The molecule has 3 rings (SSSR count). The number of carbonyl (C=O) groups is 2. The van der Waals surface area contributed by atoms with E-state index in [0.29, 0.717) is 0 Å². The van der Waals surface area contributed by atoms with Gasteiger partial charge in [0.15, 0.2) is 0 Å². The van der Waals surface area contributed by atoms with Gasteiger partial charge in [0, 0.05) is 5.54 Å². The van der Waals surface area contributed by atoms with Gasteiger partial charge >= 0.3 is 12.1 Å². The maximum Gasteiger partial charge on any atom is 0.408 e. The Balaban J connectivity index is 1.91. The van der Waals surface area contributed by atoms with Gasteiger partial charge in [0.2, 0.25) is 0 Å². The number of hydrogen-bond donors (Lipinski definition) is 1. The van der Waals surface area contributed by atoms with Crippen molar-refractivity contribution in [1.82, 2.24) is 5.32 Å². The number of hydrogen-bond acceptors (Lipinski definition) is 4. The second-order valence-corrected chi connectivity index (χ2v) is 7.83. The highest BCUT2D eigenvalue weighted by Gasteiger charge is 2.75. The van der Waals surface area contributed by atoms with E-state index < -0.39 is 11.0 Å². The lowest BCUT2D eigenvalue weighted by molar-refractivity contribution is -0.228. The molecular weight excluding hydrogens is 258 g/mol. The molecule has 0 spiro atoms. The number of amides is 1. The standard InChI is InChI=1S/C15H25NO4/c1-12(2,3)20-11(18)16-15-7-14(8-15,9-15)13(4,5)10(17)19-6/h7-9H2,1-6H3,(H,16,18). The molecule has 0 aromatic heterocycles. The summed E-state index contributed by atoms with van der Waals surface area (Å²) in [7, 11) is 1.42. The van der Waals surface area contributed by atoms with Crippen LogP contribution in [0.3, 0.4) is 0 Å². The number of alkyl carbamates (subject to hydrolysis) is 1. The lowest BCUT2D eigenvalue weighted by Crippen LogP contribution is -2.79. The Morgan fingerprint density at radius 1 is 1.05 bits per heavy atom. The molecule has 20 heavy (non-hydrogen) atoms. The fourth-order valence-corrected chi connectivity index (χ4v) is 3.58. The zero-order valence-corrected chi connectivity index (χ0v) is 13.3. The fraction of sp³-hybridized carbons (Fsp3) is 0.867.